The fraction of sp³-hybridized carbons (Fsp3) is 0.714. The molecule has 5 aliphatic rings. The minimum absolute atomic E-state index is 0.00489. The number of hydrogen-bond acceptors (Lipinski definition) is 6. The third-order valence-electron chi connectivity index (χ3n) is 7.70. The molecule has 4 saturated carbocycles. The molecule has 0 spiro atoms. The first-order valence-electron chi connectivity index (χ1n) is 11.2. The van der Waals surface area contributed by atoms with Gasteiger partial charge in [0.05, 0.1) is 31.3 Å². The Morgan fingerprint density at radius 3 is 2.70 bits per heavy atom. The summed E-state index contributed by atoms with van der Waals surface area (Å²) >= 11 is 0. The minimum atomic E-state index is -0.155. The summed E-state index contributed by atoms with van der Waals surface area (Å²) in [7, 11) is 0. The SMILES string of the molecule is O=C(Nc1ncnc2c1cnn2CCN1CCOCC1)NC12CC3CC(C1)C(C3)C2. The number of aromatic nitrogens is 4. The highest BCUT2D eigenvalue weighted by atomic mass is 16.5. The predicted molar refractivity (Wildman–Crippen MR) is 111 cm³/mol. The van der Waals surface area contributed by atoms with Crippen molar-refractivity contribution in [2.75, 3.05) is 38.2 Å². The van der Waals surface area contributed by atoms with Crippen LogP contribution in [0.1, 0.15) is 32.1 Å². The number of nitrogens with one attached hydrogen (secondary N) is 2. The molecule has 2 atom stereocenters. The van der Waals surface area contributed by atoms with Crippen LogP contribution in [0.3, 0.4) is 0 Å². The Morgan fingerprint density at radius 2 is 1.93 bits per heavy atom. The number of fused-ring (bicyclic) bond motifs is 1. The zero-order valence-electron chi connectivity index (χ0n) is 17.2. The molecule has 9 heteroatoms. The molecule has 1 saturated heterocycles. The largest absolute Gasteiger partial charge is 0.379 e. The normalized spacial score (nSPS) is 32.7. The van der Waals surface area contributed by atoms with Crippen LogP contribution in [0.4, 0.5) is 10.6 Å². The van der Waals surface area contributed by atoms with E-state index in [1.807, 2.05) is 4.68 Å². The van der Waals surface area contributed by atoms with E-state index < -0.39 is 0 Å². The zero-order chi connectivity index (χ0) is 20.1. The lowest BCUT2D eigenvalue weighted by Crippen LogP contribution is -2.51. The van der Waals surface area contributed by atoms with Crippen LogP contribution in [-0.2, 0) is 11.3 Å². The molecule has 0 aromatic carbocycles. The molecule has 2 aromatic rings. The van der Waals surface area contributed by atoms with E-state index in [4.69, 9.17) is 4.74 Å². The number of carbonyl (C=O) groups excluding carboxylic acids is 1. The smallest absolute Gasteiger partial charge is 0.320 e. The number of ether oxygens (including phenoxy) is 1. The lowest BCUT2D eigenvalue weighted by atomic mass is 9.76. The van der Waals surface area contributed by atoms with Gasteiger partial charge in [0.1, 0.15) is 12.1 Å². The fourth-order valence-corrected chi connectivity index (χ4v) is 6.56. The van der Waals surface area contributed by atoms with Gasteiger partial charge in [-0.15, -0.1) is 0 Å². The first-order valence-corrected chi connectivity index (χ1v) is 11.2. The number of amides is 2. The molecule has 1 aliphatic heterocycles. The van der Waals surface area contributed by atoms with Crippen LogP contribution < -0.4 is 10.6 Å². The van der Waals surface area contributed by atoms with Crippen molar-refractivity contribution in [1.29, 1.82) is 0 Å². The number of carbonyl (C=O) groups is 1. The standard InChI is InChI=1S/C21H29N7O2/c29-20(26-21-9-14-7-15(10-21)16(8-14)11-21)25-18-17-12-24-28(19(17)23-13-22-18)2-1-27-3-5-30-6-4-27/h12-16H,1-11H2,(H2,22,23,25,26,29). The van der Waals surface area contributed by atoms with E-state index in [9.17, 15) is 4.79 Å². The summed E-state index contributed by atoms with van der Waals surface area (Å²) in [6.07, 6.45) is 9.40. The third kappa shape index (κ3) is 3.24. The molecule has 0 radical (unpaired) electrons. The van der Waals surface area contributed by atoms with Gasteiger partial charge in [0.15, 0.2) is 5.65 Å². The maximum Gasteiger partial charge on any atom is 0.320 e. The maximum absolute atomic E-state index is 12.8. The lowest BCUT2D eigenvalue weighted by Gasteiger charge is -2.39. The van der Waals surface area contributed by atoms with Crippen molar-refractivity contribution in [2.45, 2.75) is 44.2 Å². The van der Waals surface area contributed by atoms with Crippen LogP contribution >= 0.6 is 0 Å². The van der Waals surface area contributed by atoms with Crippen molar-refractivity contribution in [3.8, 4) is 0 Å². The molecule has 7 rings (SSSR count). The van der Waals surface area contributed by atoms with Gasteiger partial charge in [0.2, 0.25) is 0 Å². The second kappa shape index (κ2) is 7.16. The molecule has 2 unspecified atom stereocenters. The summed E-state index contributed by atoms with van der Waals surface area (Å²) in [6.45, 7) is 5.12. The van der Waals surface area contributed by atoms with Gasteiger partial charge < -0.3 is 10.1 Å². The molecule has 5 fully saturated rings. The van der Waals surface area contributed by atoms with E-state index in [1.165, 1.54) is 19.2 Å². The van der Waals surface area contributed by atoms with Crippen LogP contribution in [0.2, 0.25) is 0 Å². The summed E-state index contributed by atoms with van der Waals surface area (Å²) in [6, 6.07) is -0.155. The topological polar surface area (TPSA) is 97.2 Å². The van der Waals surface area contributed by atoms with Gasteiger partial charge in [-0.25, -0.2) is 19.4 Å². The van der Waals surface area contributed by atoms with E-state index in [1.54, 1.807) is 6.20 Å². The number of nitrogens with zero attached hydrogens (tertiary/aromatic N) is 5. The Bertz CT molecular complexity index is 934. The Labute approximate surface area is 175 Å². The molecule has 4 aliphatic carbocycles. The van der Waals surface area contributed by atoms with Crippen LogP contribution in [0.15, 0.2) is 12.5 Å². The van der Waals surface area contributed by atoms with Crippen molar-refractivity contribution < 1.29 is 9.53 Å². The molecule has 2 aromatic heterocycles. The summed E-state index contributed by atoms with van der Waals surface area (Å²) in [5, 5.41) is 11.6. The van der Waals surface area contributed by atoms with Gasteiger partial charge in [-0.2, -0.15) is 5.10 Å². The molecule has 160 valence electrons. The van der Waals surface area contributed by atoms with Gasteiger partial charge in [0, 0.05) is 25.2 Å². The molecule has 4 bridgehead atoms. The number of urea groups is 1. The number of anilines is 1. The van der Waals surface area contributed by atoms with Gasteiger partial charge in [0.25, 0.3) is 0 Å². The number of rotatable bonds is 5. The van der Waals surface area contributed by atoms with E-state index in [0.29, 0.717) is 5.82 Å². The summed E-state index contributed by atoms with van der Waals surface area (Å²) in [5.41, 5.74) is 0.751. The quantitative estimate of drug-likeness (QED) is 0.780. The van der Waals surface area contributed by atoms with Crippen LogP contribution in [0.5, 0.6) is 0 Å². The van der Waals surface area contributed by atoms with Crippen molar-refractivity contribution >= 4 is 22.9 Å². The summed E-state index contributed by atoms with van der Waals surface area (Å²) < 4.78 is 7.30. The van der Waals surface area contributed by atoms with Crippen molar-refractivity contribution in [1.82, 2.24) is 30.0 Å². The van der Waals surface area contributed by atoms with Gasteiger partial charge >= 0.3 is 6.03 Å². The number of morpholine rings is 1. The van der Waals surface area contributed by atoms with Crippen LogP contribution in [0.25, 0.3) is 11.0 Å². The number of hydrogen-bond donors (Lipinski definition) is 2. The highest BCUT2D eigenvalue weighted by Gasteiger charge is 2.56. The Kier molecular flexibility index (Phi) is 4.42. The van der Waals surface area contributed by atoms with Gasteiger partial charge in [-0.1, -0.05) is 0 Å². The first-order chi connectivity index (χ1) is 14.7. The third-order valence-corrected chi connectivity index (χ3v) is 7.70. The Balaban J connectivity index is 1.13. The molecular formula is C21H29N7O2. The van der Waals surface area contributed by atoms with Crippen molar-refractivity contribution in [3.05, 3.63) is 12.5 Å². The second-order valence-electron chi connectivity index (χ2n) is 9.61. The van der Waals surface area contributed by atoms with E-state index >= 15 is 0 Å². The molecule has 30 heavy (non-hydrogen) atoms. The highest BCUT2D eigenvalue weighted by molar-refractivity contribution is 5.97. The molecule has 9 nitrogen and oxygen atoms in total. The second-order valence-corrected chi connectivity index (χ2v) is 9.61. The first kappa shape index (κ1) is 18.5. The lowest BCUT2D eigenvalue weighted by molar-refractivity contribution is 0.0361. The zero-order valence-corrected chi connectivity index (χ0v) is 17.2. The molecular weight excluding hydrogens is 382 g/mol. The summed E-state index contributed by atoms with van der Waals surface area (Å²) in [5.74, 6) is 2.97. The maximum atomic E-state index is 12.8. The van der Waals surface area contributed by atoms with Crippen molar-refractivity contribution in [3.63, 3.8) is 0 Å². The van der Waals surface area contributed by atoms with E-state index in [2.05, 4.69) is 30.6 Å². The van der Waals surface area contributed by atoms with Crippen LogP contribution in [-0.4, -0.2) is 69.1 Å². The highest BCUT2D eigenvalue weighted by Crippen LogP contribution is 2.59. The fourth-order valence-electron chi connectivity index (χ4n) is 6.56. The average molecular weight is 412 g/mol. The molecule has 2 amide bonds. The molecule has 2 N–H and O–H groups in total. The van der Waals surface area contributed by atoms with E-state index in [-0.39, 0.29) is 11.6 Å². The van der Waals surface area contributed by atoms with Crippen LogP contribution in [0, 0.1) is 17.8 Å². The molecule has 3 heterocycles. The van der Waals surface area contributed by atoms with Crippen molar-refractivity contribution in [2.24, 2.45) is 17.8 Å². The van der Waals surface area contributed by atoms with Gasteiger partial charge in [-0.05, 0) is 49.9 Å². The minimum Gasteiger partial charge on any atom is -0.379 e. The van der Waals surface area contributed by atoms with Gasteiger partial charge in [-0.3, -0.25) is 10.2 Å². The summed E-state index contributed by atoms with van der Waals surface area (Å²) in [4.78, 5) is 23.9. The Morgan fingerprint density at radius 1 is 1.13 bits per heavy atom. The van der Waals surface area contributed by atoms with E-state index in [0.717, 1.165) is 87.4 Å². The predicted octanol–water partition coefficient (Wildman–Crippen LogP) is 1.86. The average Bonchev–Trinajstić information content (AvgIpc) is 3.35. The monoisotopic (exact) mass is 411 g/mol. The Hall–Kier alpha value is -2.26.